The summed E-state index contributed by atoms with van der Waals surface area (Å²) in [5.74, 6) is -0.178. The lowest BCUT2D eigenvalue weighted by Crippen LogP contribution is -2.30. The minimum atomic E-state index is -2.97. The maximum atomic E-state index is 11.6. The third kappa shape index (κ3) is 3.19. The number of esters is 1. The van der Waals surface area contributed by atoms with Crippen LogP contribution in [0.2, 0.25) is 0 Å². The Bertz CT molecular complexity index is 342. The number of carbonyl (C=O) groups excluding carboxylic acids is 1. The van der Waals surface area contributed by atoms with Crippen LogP contribution in [0.4, 0.5) is 0 Å². The van der Waals surface area contributed by atoms with Gasteiger partial charge in [0.1, 0.15) is 6.10 Å². The largest absolute Gasteiger partial charge is 0.461 e. The first kappa shape index (κ1) is 12.5. The van der Waals surface area contributed by atoms with E-state index in [-0.39, 0.29) is 17.5 Å². The molecule has 5 heteroatoms. The van der Waals surface area contributed by atoms with E-state index in [1.807, 2.05) is 6.92 Å². The van der Waals surface area contributed by atoms with E-state index in [0.717, 1.165) is 0 Å². The number of sulfone groups is 1. The Hall–Kier alpha value is -0.580. The molecule has 0 radical (unpaired) electrons. The van der Waals surface area contributed by atoms with Gasteiger partial charge in [-0.2, -0.15) is 0 Å². The molecule has 0 saturated carbocycles. The van der Waals surface area contributed by atoms with Crippen LogP contribution in [0.3, 0.4) is 0 Å². The van der Waals surface area contributed by atoms with E-state index in [9.17, 15) is 13.2 Å². The Labute approximate surface area is 90.9 Å². The summed E-state index contributed by atoms with van der Waals surface area (Å²) in [4.78, 5) is 11.6. The Balaban J connectivity index is 2.54. The molecule has 1 fully saturated rings. The second-order valence-electron chi connectivity index (χ2n) is 4.67. The molecule has 1 rings (SSSR count). The average Bonchev–Trinajstić information content (AvgIpc) is 2.45. The summed E-state index contributed by atoms with van der Waals surface area (Å²) < 4.78 is 27.5. The lowest BCUT2D eigenvalue weighted by Gasteiger charge is -2.22. The molecule has 0 aromatic heterocycles. The zero-order chi connectivity index (χ0) is 11.7. The first-order valence-corrected chi connectivity index (χ1v) is 7.00. The predicted molar refractivity (Wildman–Crippen MR) is 57.2 cm³/mol. The number of hydrogen-bond donors (Lipinski definition) is 0. The molecule has 0 spiro atoms. The second-order valence-corrected chi connectivity index (χ2v) is 6.90. The molecule has 0 bridgehead atoms. The minimum Gasteiger partial charge on any atom is -0.461 e. The fraction of sp³-hybridized carbons (Fsp3) is 0.900. The monoisotopic (exact) mass is 234 g/mol. The topological polar surface area (TPSA) is 60.4 Å². The third-order valence-corrected chi connectivity index (χ3v) is 4.64. The predicted octanol–water partition coefficient (Wildman–Crippen LogP) is 1.15. The Morgan fingerprint density at radius 1 is 1.47 bits per heavy atom. The summed E-state index contributed by atoms with van der Waals surface area (Å²) in [5.41, 5.74) is -0.521. The Kier molecular flexibility index (Phi) is 3.43. The van der Waals surface area contributed by atoms with Crippen molar-refractivity contribution in [3.8, 4) is 0 Å². The van der Waals surface area contributed by atoms with Gasteiger partial charge in [-0.25, -0.2) is 8.42 Å². The van der Waals surface area contributed by atoms with E-state index < -0.39 is 21.4 Å². The summed E-state index contributed by atoms with van der Waals surface area (Å²) in [7, 11) is -2.97. The highest BCUT2D eigenvalue weighted by Gasteiger charge is 2.34. The quantitative estimate of drug-likeness (QED) is 0.687. The van der Waals surface area contributed by atoms with E-state index in [0.29, 0.717) is 12.8 Å². The third-order valence-electron chi connectivity index (χ3n) is 2.90. The van der Waals surface area contributed by atoms with Crippen molar-refractivity contribution in [1.82, 2.24) is 0 Å². The molecule has 0 N–H and O–H groups in total. The van der Waals surface area contributed by atoms with Crippen LogP contribution in [0.25, 0.3) is 0 Å². The van der Waals surface area contributed by atoms with E-state index in [1.54, 1.807) is 13.8 Å². The fourth-order valence-electron chi connectivity index (χ4n) is 1.31. The summed E-state index contributed by atoms with van der Waals surface area (Å²) in [6, 6.07) is 0. The standard InChI is InChI=1S/C10H18O4S/c1-4-10(2,3)9(11)14-8-5-6-15(12,13)7-8/h8H,4-7H2,1-3H3. The average molecular weight is 234 g/mol. The molecular weight excluding hydrogens is 216 g/mol. The van der Waals surface area contributed by atoms with Crippen molar-refractivity contribution in [2.24, 2.45) is 5.41 Å². The van der Waals surface area contributed by atoms with Gasteiger partial charge in [-0.3, -0.25) is 4.79 Å². The molecular formula is C10H18O4S. The van der Waals surface area contributed by atoms with Gasteiger partial charge >= 0.3 is 5.97 Å². The van der Waals surface area contributed by atoms with Crippen molar-refractivity contribution in [3.63, 3.8) is 0 Å². The maximum absolute atomic E-state index is 11.6. The summed E-state index contributed by atoms with van der Waals surface area (Å²) >= 11 is 0. The summed E-state index contributed by atoms with van der Waals surface area (Å²) in [5, 5.41) is 0. The number of hydrogen-bond acceptors (Lipinski definition) is 4. The van der Waals surface area contributed by atoms with E-state index in [1.165, 1.54) is 0 Å². The molecule has 0 amide bonds. The molecule has 1 unspecified atom stereocenters. The SMILES string of the molecule is CCC(C)(C)C(=O)OC1CCS(=O)(=O)C1. The molecule has 0 aromatic carbocycles. The van der Waals surface area contributed by atoms with Crippen molar-refractivity contribution in [1.29, 1.82) is 0 Å². The van der Waals surface area contributed by atoms with Crippen LogP contribution >= 0.6 is 0 Å². The van der Waals surface area contributed by atoms with Gasteiger partial charge in [-0.15, -0.1) is 0 Å². The molecule has 1 aliphatic heterocycles. The molecule has 0 aliphatic carbocycles. The highest BCUT2D eigenvalue weighted by Crippen LogP contribution is 2.24. The van der Waals surface area contributed by atoms with Crippen LogP contribution in [0.5, 0.6) is 0 Å². The van der Waals surface area contributed by atoms with Crippen LogP contribution in [-0.4, -0.2) is 32.0 Å². The lowest BCUT2D eigenvalue weighted by atomic mass is 9.90. The van der Waals surface area contributed by atoms with E-state index >= 15 is 0 Å². The van der Waals surface area contributed by atoms with E-state index in [4.69, 9.17) is 4.74 Å². The molecule has 1 heterocycles. The molecule has 1 aliphatic rings. The van der Waals surface area contributed by atoms with Gasteiger partial charge < -0.3 is 4.74 Å². The van der Waals surface area contributed by atoms with Crippen molar-refractivity contribution in [3.05, 3.63) is 0 Å². The first-order valence-electron chi connectivity index (χ1n) is 5.18. The van der Waals surface area contributed by atoms with E-state index in [2.05, 4.69) is 0 Å². The van der Waals surface area contributed by atoms with Crippen molar-refractivity contribution >= 4 is 15.8 Å². The highest BCUT2D eigenvalue weighted by atomic mass is 32.2. The molecule has 1 atom stereocenters. The molecule has 4 nitrogen and oxygen atoms in total. The zero-order valence-electron chi connectivity index (χ0n) is 9.45. The second kappa shape index (κ2) is 4.12. The highest BCUT2D eigenvalue weighted by molar-refractivity contribution is 7.91. The maximum Gasteiger partial charge on any atom is 0.311 e. The van der Waals surface area contributed by atoms with Gasteiger partial charge in [0.2, 0.25) is 0 Å². The molecule has 1 saturated heterocycles. The van der Waals surface area contributed by atoms with Crippen LogP contribution in [0.1, 0.15) is 33.6 Å². The van der Waals surface area contributed by atoms with Gasteiger partial charge in [0.05, 0.1) is 16.9 Å². The summed E-state index contributed by atoms with van der Waals surface area (Å²) in [6.45, 7) is 5.52. The van der Waals surface area contributed by atoms with Crippen molar-refractivity contribution in [2.45, 2.75) is 39.7 Å². The van der Waals surface area contributed by atoms with Crippen LogP contribution in [-0.2, 0) is 19.4 Å². The summed E-state index contributed by atoms with van der Waals surface area (Å²) in [6.07, 6.45) is 0.687. The van der Waals surface area contributed by atoms with Gasteiger partial charge in [-0.1, -0.05) is 6.92 Å². The zero-order valence-corrected chi connectivity index (χ0v) is 10.3. The molecule has 88 valence electrons. The Morgan fingerprint density at radius 3 is 2.47 bits per heavy atom. The molecule has 15 heavy (non-hydrogen) atoms. The van der Waals surface area contributed by atoms with Gasteiger partial charge in [0.25, 0.3) is 0 Å². The first-order chi connectivity index (χ1) is 6.77. The smallest absolute Gasteiger partial charge is 0.311 e. The number of ether oxygens (including phenoxy) is 1. The van der Waals surface area contributed by atoms with Gasteiger partial charge in [-0.05, 0) is 26.7 Å². The van der Waals surface area contributed by atoms with Crippen molar-refractivity contribution < 1.29 is 17.9 Å². The minimum absolute atomic E-state index is 0.0153. The van der Waals surface area contributed by atoms with Crippen molar-refractivity contribution in [2.75, 3.05) is 11.5 Å². The molecule has 0 aromatic rings. The van der Waals surface area contributed by atoms with Gasteiger partial charge in [0.15, 0.2) is 9.84 Å². The lowest BCUT2D eigenvalue weighted by molar-refractivity contribution is -0.158. The fourth-order valence-corrected chi connectivity index (χ4v) is 2.90. The van der Waals surface area contributed by atoms with Crippen LogP contribution in [0, 0.1) is 5.41 Å². The van der Waals surface area contributed by atoms with Gasteiger partial charge in [0, 0.05) is 0 Å². The van der Waals surface area contributed by atoms with Crippen LogP contribution < -0.4 is 0 Å². The number of rotatable bonds is 3. The Morgan fingerprint density at radius 2 is 2.07 bits per heavy atom. The number of carbonyl (C=O) groups is 1. The van der Waals surface area contributed by atoms with Crippen LogP contribution in [0.15, 0.2) is 0 Å². The normalized spacial score (nSPS) is 25.1.